The lowest BCUT2D eigenvalue weighted by Crippen LogP contribution is -2.12. The van der Waals surface area contributed by atoms with Gasteiger partial charge in [0.05, 0.1) is 0 Å². The van der Waals surface area contributed by atoms with Gasteiger partial charge in [0.1, 0.15) is 5.82 Å². The maximum absolute atomic E-state index is 12.9. The molecule has 1 rings (SSSR count). The lowest BCUT2D eigenvalue weighted by atomic mass is 9.98. The molecule has 0 aromatic heterocycles. The van der Waals surface area contributed by atoms with Crippen molar-refractivity contribution in [2.45, 2.75) is 32.7 Å². The molecule has 0 saturated heterocycles. The zero-order chi connectivity index (χ0) is 11.4. The lowest BCUT2D eigenvalue weighted by molar-refractivity contribution is 0.505. The first-order valence-corrected chi connectivity index (χ1v) is 6.00. The standard InChI is InChI=1S/C12H17BrFN/c1-8(2)3-6-12(15)10-5-4-9(14)7-11(10)13/h4-5,7-8,12H,3,6,15H2,1-2H3. The van der Waals surface area contributed by atoms with Gasteiger partial charge in [0.25, 0.3) is 0 Å². The summed E-state index contributed by atoms with van der Waals surface area (Å²) in [6.45, 7) is 4.35. The van der Waals surface area contributed by atoms with E-state index in [0.717, 1.165) is 22.9 Å². The molecule has 0 aliphatic heterocycles. The van der Waals surface area contributed by atoms with Gasteiger partial charge in [-0.1, -0.05) is 35.8 Å². The zero-order valence-corrected chi connectivity index (χ0v) is 10.7. The van der Waals surface area contributed by atoms with Gasteiger partial charge < -0.3 is 5.73 Å². The van der Waals surface area contributed by atoms with Crippen molar-refractivity contribution in [3.63, 3.8) is 0 Å². The third-order valence-corrected chi connectivity index (χ3v) is 3.10. The van der Waals surface area contributed by atoms with Crippen molar-refractivity contribution in [2.75, 3.05) is 0 Å². The summed E-state index contributed by atoms with van der Waals surface area (Å²) in [5.74, 6) is 0.414. The molecule has 1 aromatic carbocycles. The van der Waals surface area contributed by atoms with Gasteiger partial charge in [-0.3, -0.25) is 0 Å². The maximum Gasteiger partial charge on any atom is 0.124 e. The van der Waals surface area contributed by atoms with Crippen molar-refractivity contribution in [1.29, 1.82) is 0 Å². The summed E-state index contributed by atoms with van der Waals surface area (Å²) in [5.41, 5.74) is 7.03. The Bertz CT molecular complexity index is 325. The molecule has 15 heavy (non-hydrogen) atoms. The first-order chi connectivity index (χ1) is 7.00. The summed E-state index contributed by atoms with van der Waals surface area (Å²) in [6, 6.07) is 4.66. The summed E-state index contributed by atoms with van der Waals surface area (Å²) < 4.78 is 13.6. The van der Waals surface area contributed by atoms with Crippen molar-refractivity contribution in [2.24, 2.45) is 11.7 Å². The fourth-order valence-electron chi connectivity index (χ4n) is 1.47. The smallest absolute Gasteiger partial charge is 0.124 e. The SMILES string of the molecule is CC(C)CCC(N)c1ccc(F)cc1Br. The number of hydrogen-bond donors (Lipinski definition) is 1. The Labute approximate surface area is 99.0 Å². The summed E-state index contributed by atoms with van der Waals surface area (Å²) in [7, 11) is 0. The molecule has 1 nitrogen and oxygen atoms in total. The highest BCUT2D eigenvalue weighted by atomic mass is 79.9. The molecule has 1 unspecified atom stereocenters. The minimum atomic E-state index is -0.235. The molecular formula is C12H17BrFN. The lowest BCUT2D eigenvalue weighted by Gasteiger charge is -2.15. The van der Waals surface area contributed by atoms with Gasteiger partial charge >= 0.3 is 0 Å². The van der Waals surface area contributed by atoms with Gasteiger partial charge in [-0.2, -0.15) is 0 Å². The minimum absolute atomic E-state index is 0.0117. The number of nitrogens with two attached hydrogens (primary N) is 1. The Morgan fingerprint density at radius 2 is 2.00 bits per heavy atom. The predicted molar refractivity (Wildman–Crippen MR) is 65.1 cm³/mol. The van der Waals surface area contributed by atoms with Crippen LogP contribution in [0.25, 0.3) is 0 Å². The van der Waals surface area contributed by atoms with Crippen LogP contribution in [0, 0.1) is 11.7 Å². The van der Waals surface area contributed by atoms with Crippen LogP contribution in [0.3, 0.4) is 0 Å². The van der Waals surface area contributed by atoms with Crippen molar-refractivity contribution in [3.8, 4) is 0 Å². The monoisotopic (exact) mass is 273 g/mol. The first kappa shape index (κ1) is 12.7. The number of benzene rings is 1. The van der Waals surface area contributed by atoms with Gasteiger partial charge in [-0.15, -0.1) is 0 Å². The molecule has 0 bridgehead atoms. The molecule has 0 aliphatic rings. The molecule has 1 aromatic rings. The molecule has 1 atom stereocenters. The summed E-state index contributed by atoms with van der Waals surface area (Å²) in [4.78, 5) is 0. The molecule has 0 saturated carbocycles. The highest BCUT2D eigenvalue weighted by Gasteiger charge is 2.10. The third kappa shape index (κ3) is 3.92. The minimum Gasteiger partial charge on any atom is -0.324 e. The highest BCUT2D eigenvalue weighted by Crippen LogP contribution is 2.26. The quantitative estimate of drug-likeness (QED) is 0.881. The van der Waals surface area contributed by atoms with E-state index in [0.29, 0.717) is 5.92 Å². The molecule has 0 aliphatic carbocycles. The second-order valence-electron chi connectivity index (χ2n) is 4.24. The van der Waals surface area contributed by atoms with Crippen LogP contribution in [0.15, 0.2) is 22.7 Å². The molecule has 0 radical (unpaired) electrons. The topological polar surface area (TPSA) is 26.0 Å². The molecule has 0 amide bonds. The van der Waals surface area contributed by atoms with E-state index in [1.165, 1.54) is 12.1 Å². The van der Waals surface area contributed by atoms with Gasteiger partial charge in [0.15, 0.2) is 0 Å². The van der Waals surface area contributed by atoms with E-state index in [4.69, 9.17) is 5.73 Å². The largest absolute Gasteiger partial charge is 0.324 e. The van der Waals surface area contributed by atoms with Crippen LogP contribution >= 0.6 is 15.9 Å². The highest BCUT2D eigenvalue weighted by molar-refractivity contribution is 9.10. The van der Waals surface area contributed by atoms with Crippen molar-refractivity contribution in [1.82, 2.24) is 0 Å². The van der Waals surface area contributed by atoms with E-state index in [-0.39, 0.29) is 11.9 Å². The van der Waals surface area contributed by atoms with E-state index in [2.05, 4.69) is 29.8 Å². The van der Waals surface area contributed by atoms with Crippen LogP contribution < -0.4 is 5.73 Å². The predicted octanol–water partition coefficient (Wildman–Crippen LogP) is 4.02. The average molecular weight is 274 g/mol. The Morgan fingerprint density at radius 1 is 1.33 bits per heavy atom. The van der Waals surface area contributed by atoms with Crippen LogP contribution in [0.5, 0.6) is 0 Å². The molecule has 0 heterocycles. The van der Waals surface area contributed by atoms with E-state index < -0.39 is 0 Å². The fraction of sp³-hybridized carbons (Fsp3) is 0.500. The van der Waals surface area contributed by atoms with Crippen molar-refractivity contribution >= 4 is 15.9 Å². The van der Waals surface area contributed by atoms with E-state index in [9.17, 15) is 4.39 Å². The summed E-state index contributed by atoms with van der Waals surface area (Å²) >= 11 is 3.33. The molecule has 3 heteroatoms. The van der Waals surface area contributed by atoms with Gasteiger partial charge in [0, 0.05) is 10.5 Å². The first-order valence-electron chi connectivity index (χ1n) is 5.21. The van der Waals surface area contributed by atoms with Crippen LogP contribution in [0.1, 0.15) is 38.3 Å². The van der Waals surface area contributed by atoms with Gasteiger partial charge in [-0.05, 0) is 36.5 Å². The zero-order valence-electron chi connectivity index (χ0n) is 9.13. The normalized spacial score (nSPS) is 13.2. The van der Waals surface area contributed by atoms with Crippen molar-refractivity contribution in [3.05, 3.63) is 34.1 Å². The van der Waals surface area contributed by atoms with Crippen molar-refractivity contribution < 1.29 is 4.39 Å². The van der Waals surface area contributed by atoms with Gasteiger partial charge in [-0.25, -0.2) is 4.39 Å². The van der Waals surface area contributed by atoms with Crippen LogP contribution in [0.2, 0.25) is 0 Å². The third-order valence-electron chi connectivity index (χ3n) is 2.42. The molecular weight excluding hydrogens is 257 g/mol. The number of halogens is 2. The number of rotatable bonds is 4. The average Bonchev–Trinajstić information content (AvgIpc) is 2.14. The molecule has 0 fully saturated rings. The second-order valence-corrected chi connectivity index (χ2v) is 5.10. The molecule has 2 N–H and O–H groups in total. The molecule has 0 spiro atoms. The van der Waals surface area contributed by atoms with Crippen LogP contribution in [0.4, 0.5) is 4.39 Å². The summed E-state index contributed by atoms with van der Waals surface area (Å²) in [6.07, 6.45) is 2.02. The second kappa shape index (κ2) is 5.61. The Morgan fingerprint density at radius 3 is 2.53 bits per heavy atom. The van der Waals surface area contributed by atoms with Crippen LogP contribution in [-0.2, 0) is 0 Å². The Kier molecular flexibility index (Phi) is 4.74. The van der Waals surface area contributed by atoms with E-state index >= 15 is 0 Å². The van der Waals surface area contributed by atoms with E-state index in [1.807, 2.05) is 0 Å². The maximum atomic E-state index is 12.9. The fourth-order valence-corrected chi connectivity index (χ4v) is 2.12. The molecule has 84 valence electrons. The summed E-state index contributed by atoms with van der Waals surface area (Å²) in [5, 5.41) is 0. The van der Waals surface area contributed by atoms with E-state index in [1.54, 1.807) is 6.07 Å². The van der Waals surface area contributed by atoms with Crippen LogP contribution in [-0.4, -0.2) is 0 Å². The number of hydrogen-bond acceptors (Lipinski definition) is 1. The Balaban J connectivity index is 2.69. The van der Waals surface area contributed by atoms with Gasteiger partial charge in [0.2, 0.25) is 0 Å². The Hall–Kier alpha value is -0.410.